The molecule has 28 heavy (non-hydrogen) atoms. The Labute approximate surface area is 172 Å². The van der Waals surface area contributed by atoms with Crippen molar-refractivity contribution in [1.82, 2.24) is 19.9 Å². The van der Waals surface area contributed by atoms with E-state index in [1.807, 2.05) is 37.5 Å². The van der Waals surface area contributed by atoms with E-state index < -0.39 is 0 Å². The summed E-state index contributed by atoms with van der Waals surface area (Å²) in [6, 6.07) is 14.4. The van der Waals surface area contributed by atoms with Crippen molar-refractivity contribution < 1.29 is 0 Å². The summed E-state index contributed by atoms with van der Waals surface area (Å²) in [5, 5.41) is 0. The van der Waals surface area contributed by atoms with Crippen LogP contribution in [0.3, 0.4) is 0 Å². The first-order valence-corrected chi connectivity index (χ1v) is 9.61. The van der Waals surface area contributed by atoms with Crippen LogP contribution in [0.2, 0.25) is 0 Å². The normalized spacial score (nSPS) is 11.1. The molecular weight excluding hydrogens is 412 g/mol. The van der Waals surface area contributed by atoms with Crippen LogP contribution in [0.15, 0.2) is 78.2 Å². The second-order valence-electron chi connectivity index (χ2n) is 6.36. The van der Waals surface area contributed by atoms with Gasteiger partial charge in [0, 0.05) is 47.0 Å². The molecule has 0 radical (unpaired) electrons. The third kappa shape index (κ3) is 4.05. The molecule has 4 rings (SSSR count). The molecule has 0 atom stereocenters. The van der Waals surface area contributed by atoms with E-state index in [1.165, 1.54) is 6.33 Å². The minimum absolute atomic E-state index is 0.843. The number of benzene rings is 1. The summed E-state index contributed by atoms with van der Waals surface area (Å²) >= 11 is 3.46. The maximum atomic E-state index is 4.75. The van der Waals surface area contributed by atoms with E-state index in [2.05, 4.69) is 67.3 Å². The fraction of sp³-hybridized carbons (Fsp3) is 0.0435. The minimum atomic E-state index is 0.843. The standard InChI is InChI=1S/C23H17BrN4/c1-16-9-20(14-28-23(16)24)22-18(8-7-17-5-3-2-4-6-17)10-19(13-27-22)21-11-25-15-26-12-21/h2-15H,1H3. The van der Waals surface area contributed by atoms with Gasteiger partial charge in [0.2, 0.25) is 0 Å². The Bertz CT molecular complexity index is 1130. The Balaban J connectivity index is 1.82. The highest BCUT2D eigenvalue weighted by atomic mass is 79.9. The molecule has 0 fully saturated rings. The molecule has 0 N–H and O–H groups in total. The van der Waals surface area contributed by atoms with Gasteiger partial charge in [0.05, 0.1) is 5.69 Å². The average Bonchev–Trinajstić information content (AvgIpc) is 2.75. The van der Waals surface area contributed by atoms with Gasteiger partial charge in [-0.05, 0) is 46.1 Å². The zero-order chi connectivity index (χ0) is 19.3. The van der Waals surface area contributed by atoms with Crippen molar-refractivity contribution in [1.29, 1.82) is 0 Å². The molecule has 136 valence electrons. The summed E-state index contributed by atoms with van der Waals surface area (Å²) in [5.74, 6) is 0. The van der Waals surface area contributed by atoms with E-state index in [0.29, 0.717) is 0 Å². The monoisotopic (exact) mass is 428 g/mol. The van der Waals surface area contributed by atoms with Gasteiger partial charge in [0.25, 0.3) is 0 Å². The molecule has 4 aromatic rings. The lowest BCUT2D eigenvalue weighted by Crippen LogP contribution is -1.93. The fourth-order valence-corrected chi connectivity index (χ4v) is 3.11. The largest absolute Gasteiger partial charge is 0.255 e. The van der Waals surface area contributed by atoms with Crippen LogP contribution in [0.5, 0.6) is 0 Å². The van der Waals surface area contributed by atoms with Crippen molar-refractivity contribution in [2.75, 3.05) is 0 Å². The highest BCUT2D eigenvalue weighted by Crippen LogP contribution is 2.29. The topological polar surface area (TPSA) is 51.6 Å². The molecule has 4 nitrogen and oxygen atoms in total. The van der Waals surface area contributed by atoms with Gasteiger partial charge in [-0.3, -0.25) is 4.98 Å². The summed E-state index contributed by atoms with van der Waals surface area (Å²) in [5.41, 5.74) is 6.97. The zero-order valence-corrected chi connectivity index (χ0v) is 16.8. The van der Waals surface area contributed by atoms with Gasteiger partial charge in [-0.25, -0.2) is 15.0 Å². The molecule has 1 aromatic carbocycles. The predicted octanol–water partition coefficient (Wildman–Crippen LogP) is 5.84. The van der Waals surface area contributed by atoms with Crippen molar-refractivity contribution in [3.63, 3.8) is 0 Å². The zero-order valence-electron chi connectivity index (χ0n) is 15.2. The maximum Gasteiger partial charge on any atom is 0.115 e. The quantitative estimate of drug-likeness (QED) is 0.383. The number of rotatable bonds is 4. The predicted molar refractivity (Wildman–Crippen MR) is 116 cm³/mol. The van der Waals surface area contributed by atoms with E-state index in [4.69, 9.17) is 4.98 Å². The van der Waals surface area contributed by atoms with Crippen molar-refractivity contribution >= 4 is 28.1 Å². The molecule has 3 heterocycles. The number of pyridine rings is 2. The number of halogens is 1. The van der Waals surface area contributed by atoms with Gasteiger partial charge in [-0.15, -0.1) is 0 Å². The van der Waals surface area contributed by atoms with Crippen LogP contribution in [0.1, 0.15) is 16.7 Å². The average molecular weight is 429 g/mol. The van der Waals surface area contributed by atoms with Gasteiger partial charge in [-0.1, -0.05) is 42.5 Å². The second kappa shape index (κ2) is 8.23. The number of nitrogens with zero attached hydrogens (tertiary/aromatic N) is 4. The first kappa shape index (κ1) is 18.2. The molecule has 0 bridgehead atoms. The van der Waals surface area contributed by atoms with Crippen molar-refractivity contribution in [3.05, 3.63) is 94.9 Å². The lowest BCUT2D eigenvalue weighted by atomic mass is 10.0. The first-order valence-electron chi connectivity index (χ1n) is 8.82. The van der Waals surface area contributed by atoms with Crippen molar-refractivity contribution in [2.45, 2.75) is 6.92 Å². The highest BCUT2D eigenvalue weighted by molar-refractivity contribution is 9.10. The number of aromatic nitrogens is 4. The van der Waals surface area contributed by atoms with Crippen LogP contribution in [0.25, 0.3) is 34.5 Å². The van der Waals surface area contributed by atoms with Crippen LogP contribution in [-0.2, 0) is 0 Å². The van der Waals surface area contributed by atoms with Crippen molar-refractivity contribution in [3.8, 4) is 22.4 Å². The highest BCUT2D eigenvalue weighted by Gasteiger charge is 2.10. The summed E-state index contributed by atoms with van der Waals surface area (Å²) in [7, 11) is 0. The SMILES string of the molecule is Cc1cc(-c2ncc(-c3cncnc3)cc2C=Cc2ccccc2)cnc1Br. The number of hydrogen-bond donors (Lipinski definition) is 0. The van der Waals surface area contributed by atoms with Crippen LogP contribution in [0.4, 0.5) is 0 Å². The third-order valence-electron chi connectivity index (χ3n) is 4.35. The van der Waals surface area contributed by atoms with E-state index in [0.717, 1.165) is 43.7 Å². The number of hydrogen-bond acceptors (Lipinski definition) is 4. The molecular formula is C23H17BrN4. The lowest BCUT2D eigenvalue weighted by molar-refractivity contribution is 1.16. The fourth-order valence-electron chi connectivity index (χ4n) is 2.89. The third-order valence-corrected chi connectivity index (χ3v) is 5.18. The Kier molecular flexibility index (Phi) is 5.35. The molecule has 0 spiro atoms. The van der Waals surface area contributed by atoms with Gasteiger partial charge < -0.3 is 0 Å². The maximum absolute atomic E-state index is 4.75. The Morgan fingerprint density at radius 3 is 2.29 bits per heavy atom. The summed E-state index contributed by atoms with van der Waals surface area (Å²) < 4.78 is 0.843. The Hall–Kier alpha value is -3.18. The van der Waals surface area contributed by atoms with Gasteiger partial charge in [-0.2, -0.15) is 0 Å². The summed E-state index contributed by atoms with van der Waals surface area (Å²) in [6.07, 6.45) is 13.0. The Morgan fingerprint density at radius 1 is 0.786 bits per heavy atom. The lowest BCUT2D eigenvalue weighted by Gasteiger charge is -2.10. The molecule has 5 heteroatoms. The van der Waals surface area contributed by atoms with Crippen LogP contribution in [-0.4, -0.2) is 19.9 Å². The van der Waals surface area contributed by atoms with E-state index in [-0.39, 0.29) is 0 Å². The molecule has 0 aliphatic rings. The Morgan fingerprint density at radius 2 is 1.54 bits per heavy atom. The smallest absolute Gasteiger partial charge is 0.115 e. The van der Waals surface area contributed by atoms with Crippen molar-refractivity contribution in [2.24, 2.45) is 0 Å². The minimum Gasteiger partial charge on any atom is -0.255 e. The van der Waals surface area contributed by atoms with Crippen LogP contribution < -0.4 is 0 Å². The number of aryl methyl sites for hydroxylation is 1. The molecule has 0 aliphatic carbocycles. The molecule has 0 saturated carbocycles. The first-order chi connectivity index (χ1) is 13.7. The second-order valence-corrected chi connectivity index (χ2v) is 7.12. The van der Waals surface area contributed by atoms with Gasteiger partial charge >= 0.3 is 0 Å². The van der Waals surface area contributed by atoms with Gasteiger partial charge in [0.15, 0.2) is 0 Å². The molecule has 0 saturated heterocycles. The van der Waals surface area contributed by atoms with Crippen LogP contribution >= 0.6 is 15.9 Å². The van der Waals surface area contributed by atoms with E-state index in [9.17, 15) is 0 Å². The van der Waals surface area contributed by atoms with Crippen LogP contribution in [0, 0.1) is 6.92 Å². The summed E-state index contributed by atoms with van der Waals surface area (Å²) in [6.45, 7) is 2.02. The summed E-state index contributed by atoms with van der Waals surface area (Å²) in [4.78, 5) is 17.4. The van der Waals surface area contributed by atoms with E-state index >= 15 is 0 Å². The molecule has 3 aromatic heterocycles. The molecule has 0 aliphatic heterocycles. The molecule has 0 unspecified atom stereocenters. The van der Waals surface area contributed by atoms with E-state index in [1.54, 1.807) is 12.4 Å². The van der Waals surface area contributed by atoms with Gasteiger partial charge in [0.1, 0.15) is 10.9 Å². The molecule has 0 amide bonds.